The zero-order chi connectivity index (χ0) is 54.8. The standard InChI is InChI=1S/C56H101NO18/c1-3-5-7-9-11-13-14-15-16-17-18-19-20-21-22-23-24-25-26-27-29-31-33-40(61)39(57-44(62)34-32-30-28-12-10-8-6-4-2)38-70-54-50(68)47(65)52(42(36-59)72-54)75-56-51(69)48(66)53(43(37-60)73-56)74-55-49(67)46(64)45(63)41(35-58)71-55/h21-22,25-26,31,33,39-43,45-56,58-61,63-69H,3-20,23-24,27-30,32,34-38H2,1-2H3,(H,57,62)/b22-21+,26-25+,33-31+. The van der Waals surface area contributed by atoms with Crippen LogP contribution in [0, 0.1) is 0 Å². The largest absolute Gasteiger partial charge is 0.394 e. The number of allylic oxidation sites excluding steroid dienone is 5. The first-order valence-corrected chi connectivity index (χ1v) is 28.7. The van der Waals surface area contributed by atoms with E-state index < -0.39 is 124 Å². The molecule has 438 valence electrons. The molecule has 3 saturated heterocycles. The van der Waals surface area contributed by atoms with Gasteiger partial charge in [0.15, 0.2) is 18.9 Å². The van der Waals surface area contributed by atoms with Crippen LogP contribution in [0.5, 0.6) is 0 Å². The lowest BCUT2D eigenvalue weighted by Crippen LogP contribution is -2.66. The van der Waals surface area contributed by atoms with Gasteiger partial charge in [0.2, 0.25) is 5.91 Å². The summed E-state index contributed by atoms with van der Waals surface area (Å²) in [5.41, 5.74) is 0. The first-order valence-electron chi connectivity index (χ1n) is 28.7. The minimum absolute atomic E-state index is 0.232. The zero-order valence-corrected chi connectivity index (χ0v) is 45.3. The van der Waals surface area contributed by atoms with Crippen molar-refractivity contribution in [2.75, 3.05) is 26.4 Å². The third-order valence-electron chi connectivity index (χ3n) is 14.4. The Kier molecular flexibility index (Phi) is 36.1. The Balaban J connectivity index is 1.50. The predicted molar refractivity (Wildman–Crippen MR) is 282 cm³/mol. The van der Waals surface area contributed by atoms with Gasteiger partial charge in [0.05, 0.1) is 38.6 Å². The minimum Gasteiger partial charge on any atom is -0.394 e. The molecule has 1 amide bonds. The summed E-state index contributed by atoms with van der Waals surface area (Å²) in [6.07, 6.45) is 14.5. The molecule has 0 saturated carbocycles. The molecule has 0 spiro atoms. The summed E-state index contributed by atoms with van der Waals surface area (Å²) in [7, 11) is 0. The number of amides is 1. The highest BCUT2D eigenvalue weighted by Gasteiger charge is 2.53. The van der Waals surface area contributed by atoms with E-state index >= 15 is 0 Å². The topological polar surface area (TPSA) is 307 Å². The van der Waals surface area contributed by atoms with Crippen molar-refractivity contribution in [1.82, 2.24) is 5.32 Å². The minimum atomic E-state index is -1.98. The molecule has 3 heterocycles. The molecule has 0 radical (unpaired) electrons. The maximum absolute atomic E-state index is 13.2. The van der Waals surface area contributed by atoms with Gasteiger partial charge in [-0.3, -0.25) is 4.79 Å². The Labute approximate surface area is 447 Å². The normalized spacial score (nSPS) is 31.5. The fraction of sp³-hybridized carbons (Fsp3) is 0.875. The van der Waals surface area contributed by atoms with Crippen molar-refractivity contribution in [1.29, 1.82) is 0 Å². The van der Waals surface area contributed by atoms with Crippen LogP contribution >= 0.6 is 0 Å². The third-order valence-corrected chi connectivity index (χ3v) is 14.4. The fourth-order valence-electron chi connectivity index (χ4n) is 9.63. The van der Waals surface area contributed by atoms with E-state index in [1.165, 1.54) is 96.3 Å². The van der Waals surface area contributed by atoms with E-state index in [-0.39, 0.29) is 18.9 Å². The number of aliphatic hydroxyl groups is 11. The second-order valence-corrected chi connectivity index (χ2v) is 20.7. The monoisotopic (exact) mass is 1080 g/mol. The maximum Gasteiger partial charge on any atom is 0.220 e. The number of aliphatic hydroxyl groups excluding tert-OH is 11. The number of hydrogen-bond donors (Lipinski definition) is 12. The Morgan fingerprint density at radius 3 is 1.33 bits per heavy atom. The first-order chi connectivity index (χ1) is 36.3. The van der Waals surface area contributed by atoms with Crippen molar-refractivity contribution < 1.29 is 89.4 Å². The summed E-state index contributed by atoms with van der Waals surface area (Å²) in [5, 5.41) is 120. The summed E-state index contributed by atoms with van der Waals surface area (Å²) >= 11 is 0. The van der Waals surface area contributed by atoms with Gasteiger partial charge in [0.25, 0.3) is 0 Å². The molecule has 0 aliphatic carbocycles. The Bertz CT molecular complexity index is 1520. The molecule has 19 nitrogen and oxygen atoms in total. The number of carbonyl (C=O) groups is 1. The van der Waals surface area contributed by atoms with E-state index in [0.717, 1.165) is 51.4 Å². The van der Waals surface area contributed by atoms with E-state index in [1.807, 2.05) is 6.08 Å². The van der Waals surface area contributed by atoms with Gasteiger partial charge in [-0.05, 0) is 44.9 Å². The van der Waals surface area contributed by atoms with Crippen molar-refractivity contribution in [2.45, 2.75) is 285 Å². The van der Waals surface area contributed by atoms with Crippen molar-refractivity contribution >= 4 is 5.91 Å². The Morgan fingerprint density at radius 1 is 0.467 bits per heavy atom. The molecular formula is C56H101NO18. The Hall–Kier alpha value is -1.99. The molecule has 17 unspecified atom stereocenters. The molecule has 19 heteroatoms. The molecule has 0 aromatic heterocycles. The SMILES string of the molecule is CCCCCCCCCCCCCC/C=C/CC/C=C/CC/C=C/C(O)C(COC1OC(CO)C(OC2OC(CO)C(OC3OC(CO)C(O)C(O)C3O)C(O)C2O)C(O)C1O)NC(=O)CCCCCCCCCC. The van der Waals surface area contributed by atoms with Crippen LogP contribution in [0.15, 0.2) is 36.5 Å². The van der Waals surface area contributed by atoms with Gasteiger partial charge in [-0.2, -0.15) is 0 Å². The van der Waals surface area contributed by atoms with Crippen LogP contribution in [-0.4, -0.2) is 193 Å². The molecule has 0 aromatic rings. The average molecular weight is 1080 g/mol. The van der Waals surface area contributed by atoms with Crippen molar-refractivity contribution in [2.24, 2.45) is 0 Å². The molecule has 3 aliphatic heterocycles. The molecule has 3 aliphatic rings. The molecule has 75 heavy (non-hydrogen) atoms. The van der Waals surface area contributed by atoms with Gasteiger partial charge in [0, 0.05) is 6.42 Å². The highest BCUT2D eigenvalue weighted by molar-refractivity contribution is 5.76. The van der Waals surface area contributed by atoms with E-state index in [0.29, 0.717) is 12.8 Å². The lowest BCUT2D eigenvalue weighted by Gasteiger charge is -2.48. The predicted octanol–water partition coefficient (Wildman–Crippen LogP) is 4.15. The summed E-state index contributed by atoms with van der Waals surface area (Å²) in [6, 6.07) is -0.990. The van der Waals surface area contributed by atoms with Crippen LogP contribution in [0.2, 0.25) is 0 Å². The third kappa shape index (κ3) is 24.9. The molecule has 12 N–H and O–H groups in total. The summed E-state index contributed by atoms with van der Waals surface area (Å²) < 4.78 is 34.1. The molecule has 3 rings (SSSR count). The van der Waals surface area contributed by atoms with Crippen LogP contribution in [0.4, 0.5) is 0 Å². The summed E-state index contributed by atoms with van der Waals surface area (Å²) in [4.78, 5) is 13.2. The van der Waals surface area contributed by atoms with Crippen molar-refractivity contribution in [3.63, 3.8) is 0 Å². The molecule has 17 atom stereocenters. The highest BCUT2D eigenvalue weighted by Crippen LogP contribution is 2.33. The lowest BCUT2D eigenvalue weighted by molar-refractivity contribution is -0.379. The lowest BCUT2D eigenvalue weighted by atomic mass is 9.96. The van der Waals surface area contributed by atoms with Crippen LogP contribution < -0.4 is 5.32 Å². The molecule has 0 bridgehead atoms. The van der Waals surface area contributed by atoms with Gasteiger partial charge < -0.3 is 89.9 Å². The van der Waals surface area contributed by atoms with Gasteiger partial charge in [-0.1, -0.05) is 166 Å². The number of ether oxygens (including phenoxy) is 6. The summed E-state index contributed by atoms with van der Waals surface area (Å²) in [5.74, 6) is -0.296. The molecular weight excluding hydrogens is 975 g/mol. The van der Waals surface area contributed by atoms with Gasteiger partial charge >= 0.3 is 0 Å². The number of unbranched alkanes of at least 4 members (excludes halogenated alkanes) is 21. The van der Waals surface area contributed by atoms with Gasteiger partial charge in [0.1, 0.15) is 73.2 Å². The average Bonchev–Trinajstić information content (AvgIpc) is 3.41. The van der Waals surface area contributed by atoms with Crippen molar-refractivity contribution in [3.05, 3.63) is 36.5 Å². The van der Waals surface area contributed by atoms with Crippen LogP contribution in [0.1, 0.15) is 181 Å². The number of hydrogen-bond acceptors (Lipinski definition) is 18. The maximum atomic E-state index is 13.2. The fourth-order valence-corrected chi connectivity index (χ4v) is 9.63. The Morgan fingerprint density at radius 2 is 0.853 bits per heavy atom. The molecule has 0 aromatic carbocycles. The molecule has 3 fully saturated rings. The van der Waals surface area contributed by atoms with E-state index in [1.54, 1.807) is 6.08 Å². The highest BCUT2D eigenvalue weighted by atomic mass is 16.8. The van der Waals surface area contributed by atoms with Crippen LogP contribution in [-0.2, 0) is 33.2 Å². The number of carbonyl (C=O) groups excluding carboxylic acids is 1. The number of nitrogens with one attached hydrogen (secondary N) is 1. The quantitative estimate of drug-likeness (QED) is 0.0302. The second-order valence-electron chi connectivity index (χ2n) is 20.7. The van der Waals surface area contributed by atoms with Crippen LogP contribution in [0.25, 0.3) is 0 Å². The van der Waals surface area contributed by atoms with E-state index in [9.17, 15) is 61.0 Å². The van der Waals surface area contributed by atoms with E-state index in [4.69, 9.17) is 28.4 Å². The zero-order valence-electron chi connectivity index (χ0n) is 45.3. The first kappa shape index (κ1) is 67.3. The smallest absolute Gasteiger partial charge is 0.220 e. The van der Waals surface area contributed by atoms with Gasteiger partial charge in [-0.15, -0.1) is 0 Å². The summed E-state index contributed by atoms with van der Waals surface area (Å²) in [6.45, 7) is 1.63. The van der Waals surface area contributed by atoms with E-state index in [2.05, 4.69) is 43.5 Å². The second kappa shape index (κ2) is 40.2. The van der Waals surface area contributed by atoms with Gasteiger partial charge in [-0.25, -0.2) is 0 Å². The van der Waals surface area contributed by atoms with Crippen molar-refractivity contribution in [3.8, 4) is 0 Å². The number of rotatable bonds is 41. The van der Waals surface area contributed by atoms with Crippen LogP contribution in [0.3, 0.4) is 0 Å².